The van der Waals surface area contributed by atoms with Crippen LogP contribution in [-0.4, -0.2) is 21.7 Å². The summed E-state index contributed by atoms with van der Waals surface area (Å²) in [4.78, 5) is -0.610. The Bertz CT molecular complexity index is 330. The predicted molar refractivity (Wildman–Crippen MR) is 56.9 cm³/mol. The summed E-state index contributed by atoms with van der Waals surface area (Å²) >= 11 is 11.7. The molecule has 2 rings (SSSR count). The Morgan fingerprint density at radius 2 is 2.07 bits per heavy atom. The minimum absolute atomic E-state index is 0.303. The van der Waals surface area contributed by atoms with Crippen LogP contribution in [0.25, 0.3) is 0 Å². The Kier molecular flexibility index (Phi) is 2.98. The van der Waals surface area contributed by atoms with Crippen LogP contribution in [-0.2, 0) is 6.42 Å². The summed E-state index contributed by atoms with van der Waals surface area (Å²) in [7, 11) is 0. The number of benzene rings is 1. The first-order chi connectivity index (χ1) is 6.70. The first-order valence-corrected chi connectivity index (χ1v) is 5.39. The van der Waals surface area contributed by atoms with E-state index in [0.29, 0.717) is 6.54 Å². The van der Waals surface area contributed by atoms with Gasteiger partial charge in [-0.15, -0.1) is 23.2 Å². The summed E-state index contributed by atoms with van der Waals surface area (Å²) in [5.74, 6) is 0. The third-order valence-corrected chi connectivity index (χ3v) is 3.02. The van der Waals surface area contributed by atoms with Gasteiger partial charge in [0.05, 0.1) is 6.04 Å². The first kappa shape index (κ1) is 10.2. The van der Waals surface area contributed by atoms with Crippen LogP contribution in [0.2, 0.25) is 0 Å². The molecular formula is C10H11Cl2NO. The highest BCUT2D eigenvalue weighted by Crippen LogP contribution is 2.34. The highest BCUT2D eigenvalue weighted by Gasteiger charge is 2.30. The van der Waals surface area contributed by atoms with Gasteiger partial charge in [0.25, 0.3) is 0 Å². The molecule has 1 N–H and O–H groups in total. The van der Waals surface area contributed by atoms with Gasteiger partial charge in [0.2, 0.25) is 0 Å². The van der Waals surface area contributed by atoms with Crippen LogP contribution in [0.4, 0.5) is 0 Å². The molecule has 1 aromatic carbocycles. The second-order valence-electron chi connectivity index (χ2n) is 3.39. The van der Waals surface area contributed by atoms with E-state index in [1.807, 2.05) is 24.3 Å². The molecule has 0 fully saturated rings. The topological polar surface area (TPSA) is 23.5 Å². The van der Waals surface area contributed by atoms with Crippen LogP contribution in [0.3, 0.4) is 0 Å². The fraction of sp³-hybridized carbons (Fsp3) is 0.400. The Labute approximate surface area is 93.0 Å². The Balaban J connectivity index is 2.41. The maximum atomic E-state index is 9.65. The molecule has 0 aromatic heterocycles. The van der Waals surface area contributed by atoms with Crippen molar-refractivity contribution in [1.82, 2.24) is 5.06 Å². The molecule has 1 aromatic rings. The van der Waals surface area contributed by atoms with Crippen LogP contribution < -0.4 is 0 Å². The van der Waals surface area contributed by atoms with Gasteiger partial charge in [0, 0.05) is 6.54 Å². The average Bonchev–Trinajstić information content (AvgIpc) is 2.17. The van der Waals surface area contributed by atoms with Crippen LogP contribution in [0, 0.1) is 0 Å². The molecule has 2 nitrogen and oxygen atoms in total. The first-order valence-electron chi connectivity index (χ1n) is 4.51. The summed E-state index contributed by atoms with van der Waals surface area (Å²) in [6, 6.07) is 7.62. The fourth-order valence-corrected chi connectivity index (χ4v) is 2.38. The molecule has 0 saturated heterocycles. The summed E-state index contributed by atoms with van der Waals surface area (Å²) in [5.41, 5.74) is 2.24. The standard InChI is InChI=1S/C10H11Cl2NO/c11-10(12)9-8-4-2-1-3-7(8)5-6-13(9)14/h1-4,9-10,14H,5-6H2. The van der Waals surface area contributed by atoms with Crippen LogP contribution in [0.5, 0.6) is 0 Å². The second-order valence-corrected chi connectivity index (χ2v) is 4.55. The third-order valence-electron chi connectivity index (χ3n) is 2.54. The molecule has 1 unspecified atom stereocenters. The number of alkyl halides is 2. The van der Waals surface area contributed by atoms with Crippen molar-refractivity contribution < 1.29 is 5.21 Å². The lowest BCUT2D eigenvalue weighted by Gasteiger charge is -2.33. The minimum atomic E-state index is -0.610. The monoisotopic (exact) mass is 231 g/mol. The second kappa shape index (κ2) is 4.07. The molecule has 4 heteroatoms. The van der Waals surface area contributed by atoms with Crippen molar-refractivity contribution in [1.29, 1.82) is 0 Å². The molecule has 14 heavy (non-hydrogen) atoms. The molecular weight excluding hydrogens is 221 g/mol. The maximum Gasteiger partial charge on any atom is 0.129 e. The van der Waals surface area contributed by atoms with E-state index in [2.05, 4.69) is 0 Å². The lowest BCUT2D eigenvalue weighted by molar-refractivity contribution is -0.129. The Morgan fingerprint density at radius 3 is 2.79 bits per heavy atom. The molecule has 1 aliphatic rings. The van der Waals surface area contributed by atoms with E-state index in [9.17, 15) is 5.21 Å². The largest absolute Gasteiger partial charge is 0.313 e. The van der Waals surface area contributed by atoms with Gasteiger partial charge >= 0.3 is 0 Å². The molecule has 0 aliphatic carbocycles. The van der Waals surface area contributed by atoms with E-state index in [-0.39, 0.29) is 6.04 Å². The van der Waals surface area contributed by atoms with Gasteiger partial charge in [-0.2, -0.15) is 5.06 Å². The zero-order chi connectivity index (χ0) is 10.1. The van der Waals surface area contributed by atoms with Gasteiger partial charge in [-0.3, -0.25) is 0 Å². The number of hydrogen-bond acceptors (Lipinski definition) is 2. The van der Waals surface area contributed by atoms with Gasteiger partial charge in [-0.1, -0.05) is 24.3 Å². The van der Waals surface area contributed by atoms with E-state index in [1.165, 1.54) is 10.6 Å². The van der Waals surface area contributed by atoms with Crippen molar-refractivity contribution in [3.8, 4) is 0 Å². The van der Waals surface area contributed by atoms with Crippen molar-refractivity contribution in [2.45, 2.75) is 17.3 Å². The molecule has 76 valence electrons. The Morgan fingerprint density at radius 1 is 1.36 bits per heavy atom. The van der Waals surface area contributed by atoms with E-state index in [4.69, 9.17) is 23.2 Å². The molecule has 0 amide bonds. The van der Waals surface area contributed by atoms with Gasteiger partial charge in [0.15, 0.2) is 0 Å². The number of rotatable bonds is 1. The smallest absolute Gasteiger partial charge is 0.129 e. The zero-order valence-corrected chi connectivity index (χ0v) is 9.04. The summed E-state index contributed by atoms with van der Waals surface area (Å²) in [5, 5.41) is 10.9. The van der Waals surface area contributed by atoms with Crippen molar-refractivity contribution >= 4 is 23.2 Å². The van der Waals surface area contributed by atoms with Gasteiger partial charge in [-0.25, -0.2) is 0 Å². The van der Waals surface area contributed by atoms with E-state index in [1.54, 1.807) is 0 Å². The van der Waals surface area contributed by atoms with Crippen LogP contribution in [0.15, 0.2) is 24.3 Å². The van der Waals surface area contributed by atoms with Gasteiger partial charge < -0.3 is 5.21 Å². The number of hydrogen-bond donors (Lipinski definition) is 1. The quantitative estimate of drug-likeness (QED) is 0.752. The van der Waals surface area contributed by atoms with E-state index >= 15 is 0 Å². The van der Waals surface area contributed by atoms with Crippen molar-refractivity contribution in [2.24, 2.45) is 0 Å². The highest BCUT2D eigenvalue weighted by molar-refractivity contribution is 6.44. The molecule has 0 radical (unpaired) electrons. The average molecular weight is 232 g/mol. The number of fused-ring (bicyclic) bond motifs is 1. The molecule has 0 saturated carbocycles. The van der Waals surface area contributed by atoms with Crippen molar-refractivity contribution in [2.75, 3.05) is 6.54 Å². The summed E-state index contributed by atoms with van der Waals surface area (Å²) in [6.45, 7) is 0.581. The predicted octanol–water partition coefficient (Wildman–Crippen LogP) is 2.78. The lowest BCUT2D eigenvalue weighted by atomic mass is 9.95. The Hall–Kier alpha value is -0.280. The van der Waals surface area contributed by atoms with E-state index in [0.717, 1.165) is 12.0 Å². The van der Waals surface area contributed by atoms with Crippen LogP contribution in [0.1, 0.15) is 17.2 Å². The highest BCUT2D eigenvalue weighted by atomic mass is 35.5. The van der Waals surface area contributed by atoms with Gasteiger partial charge in [-0.05, 0) is 17.5 Å². The number of hydroxylamine groups is 2. The fourth-order valence-electron chi connectivity index (χ4n) is 1.85. The maximum absolute atomic E-state index is 9.65. The molecule has 0 bridgehead atoms. The molecule has 1 aliphatic heterocycles. The lowest BCUT2D eigenvalue weighted by Crippen LogP contribution is -2.35. The van der Waals surface area contributed by atoms with Crippen LogP contribution >= 0.6 is 23.2 Å². The summed E-state index contributed by atoms with van der Waals surface area (Å²) in [6.07, 6.45) is 0.837. The SMILES string of the molecule is ON1CCc2ccccc2C1C(Cl)Cl. The molecule has 1 atom stereocenters. The third kappa shape index (κ3) is 1.75. The molecule has 1 heterocycles. The number of halogens is 2. The van der Waals surface area contributed by atoms with Gasteiger partial charge in [0.1, 0.15) is 4.84 Å². The summed E-state index contributed by atoms with van der Waals surface area (Å²) < 4.78 is 0. The van der Waals surface area contributed by atoms with E-state index < -0.39 is 4.84 Å². The normalized spacial score (nSPS) is 22.4. The zero-order valence-electron chi connectivity index (χ0n) is 7.53. The van der Waals surface area contributed by atoms with Crippen molar-refractivity contribution in [3.63, 3.8) is 0 Å². The van der Waals surface area contributed by atoms with Crippen molar-refractivity contribution in [3.05, 3.63) is 35.4 Å². The molecule has 0 spiro atoms. The minimum Gasteiger partial charge on any atom is -0.313 e. The number of nitrogens with zero attached hydrogens (tertiary/aromatic N) is 1.